The Hall–Kier alpha value is -2.07. The third-order valence-electron chi connectivity index (χ3n) is 3.64. The van der Waals surface area contributed by atoms with Crippen LogP contribution in [0.15, 0.2) is 87.1 Å². The van der Waals surface area contributed by atoms with Crippen LogP contribution >= 0.6 is 27.5 Å². The summed E-state index contributed by atoms with van der Waals surface area (Å²) in [6.45, 7) is 0. The lowest BCUT2D eigenvalue weighted by Gasteiger charge is -2.11. The lowest BCUT2D eigenvalue weighted by Crippen LogP contribution is -2.14. The van der Waals surface area contributed by atoms with E-state index in [1.165, 1.54) is 36.4 Å². The van der Waals surface area contributed by atoms with E-state index in [0.717, 1.165) is 4.47 Å². The van der Waals surface area contributed by atoms with Gasteiger partial charge in [0.1, 0.15) is 0 Å². The number of hydrogen-bond acceptors (Lipinski definition) is 4. The fourth-order valence-corrected chi connectivity index (χ4v) is 4.77. The summed E-state index contributed by atoms with van der Waals surface area (Å²) in [5.41, 5.74) is 0.609. The molecule has 3 rings (SSSR count). The van der Waals surface area contributed by atoms with Gasteiger partial charge in [0.2, 0.25) is 0 Å². The Bertz CT molecular complexity index is 1180. The van der Waals surface area contributed by atoms with Gasteiger partial charge in [0.05, 0.1) is 9.79 Å². The third-order valence-corrected chi connectivity index (χ3v) is 7.21. The van der Waals surface area contributed by atoms with E-state index in [9.17, 15) is 16.8 Å². The van der Waals surface area contributed by atoms with Crippen molar-refractivity contribution < 1.29 is 16.8 Å². The van der Waals surface area contributed by atoms with Crippen LogP contribution in [0.25, 0.3) is 0 Å². The molecule has 0 aliphatic rings. The number of halogens is 2. The van der Waals surface area contributed by atoms with E-state index in [1.807, 2.05) is 0 Å². The maximum Gasteiger partial charge on any atom is 0.261 e. The summed E-state index contributed by atoms with van der Waals surface area (Å²) in [4.78, 5) is 0.0887. The average molecular weight is 502 g/mol. The molecule has 0 saturated heterocycles. The summed E-state index contributed by atoms with van der Waals surface area (Å²) in [5.74, 6) is 0. The van der Waals surface area contributed by atoms with E-state index >= 15 is 0 Å². The van der Waals surface area contributed by atoms with Gasteiger partial charge in [-0.05, 0) is 72.8 Å². The standard InChI is InChI=1S/C18H14BrClN2O4S2/c19-13-1-9-17(10-2-13)27(23,24)22-16-7-11-18(12-8-16)28(25,26)21-15-5-3-14(20)4-6-15/h1-12,21-22H. The second kappa shape index (κ2) is 8.12. The largest absolute Gasteiger partial charge is 0.280 e. The van der Waals surface area contributed by atoms with Crippen LogP contribution in [0.1, 0.15) is 0 Å². The Labute approximate surface area is 176 Å². The molecule has 0 bridgehead atoms. The molecule has 0 unspecified atom stereocenters. The highest BCUT2D eigenvalue weighted by atomic mass is 79.9. The lowest BCUT2D eigenvalue weighted by molar-refractivity contribution is 0.600. The molecular formula is C18H14BrClN2O4S2. The van der Waals surface area contributed by atoms with Crippen molar-refractivity contribution in [2.75, 3.05) is 9.44 Å². The second-order valence-electron chi connectivity index (χ2n) is 5.70. The van der Waals surface area contributed by atoms with Crippen molar-refractivity contribution in [1.82, 2.24) is 0 Å². The predicted molar refractivity (Wildman–Crippen MR) is 114 cm³/mol. The molecule has 10 heteroatoms. The number of rotatable bonds is 6. The first kappa shape index (κ1) is 20.7. The Morgan fingerprint density at radius 1 is 0.607 bits per heavy atom. The molecule has 0 fully saturated rings. The highest BCUT2D eigenvalue weighted by Crippen LogP contribution is 2.22. The molecule has 28 heavy (non-hydrogen) atoms. The van der Waals surface area contributed by atoms with Crippen molar-refractivity contribution in [3.63, 3.8) is 0 Å². The van der Waals surface area contributed by atoms with Crippen LogP contribution in [-0.2, 0) is 20.0 Å². The molecule has 3 aromatic carbocycles. The molecule has 0 amide bonds. The van der Waals surface area contributed by atoms with Crippen molar-refractivity contribution in [3.05, 3.63) is 82.3 Å². The van der Waals surface area contributed by atoms with Gasteiger partial charge >= 0.3 is 0 Å². The number of sulfonamides is 2. The molecule has 0 radical (unpaired) electrons. The highest BCUT2D eigenvalue weighted by molar-refractivity contribution is 9.10. The van der Waals surface area contributed by atoms with E-state index in [-0.39, 0.29) is 15.5 Å². The molecule has 0 atom stereocenters. The van der Waals surface area contributed by atoms with Crippen LogP contribution in [0.3, 0.4) is 0 Å². The monoisotopic (exact) mass is 500 g/mol. The topological polar surface area (TPSA) is 92.3 Å². The molecule has 0 aliphatic heterocycles. The molecular weight excluding hydrogens is 488 g/mol. The van der Waals surface area contributed by atoms with Crippen LogP contribution in [0.4, 0.5) is 11.4 Å². The van der Waals surface area contributed by atoms with E-state index in [4.69, 9.17) is 11.6 Å². The fraction of sp³-hybridized carbons (Fsp3) is 0. The molecule has 0 aromatic heterocycles. The van der Waals surface area contributed by atoms with E-state index in [1.54, 1.807) is 36.4 Å². The van der Waals surface area contributed by atoms with Crippen molar-refractivity contribution in [2.24, 2.45) is 0 Å². The van der Waals surface area contributed by atoms with Gasteiger partial charge < -0.3 is 0 Å². The summed E-state index contributed by atoms with van der Waals surface area (Å²) in [7, 11) is -7.60. The summed E-state index contributed by atoms with van der Waals surface area (Å²) in [6.07, 6.45) is 0. The summed E-state index contributed by atoms with van der Waals surface area (Å²) < 4.78 is 55.3. The van der Waals surface area contributed by atoms with Crippen molar-refractivity contribution in [2.45, 2.75) is 9.79 Å². The van der Waals surface area contributed by atoms with Gasteiger partial charge in [-0.2, -0.15) is 0 Å². The van der Waals surface area contributed by atoms with Crippen LogP contribution < -0.4 is 9.44 Å². The Morgan fingerprint density at radius 2 is 0.964 bits per heavy atom. The van der Waals surface area contributed by atoms with Gasteiger partial charge in [-0.3, -0.25) is 9.44 Å². The summed E-state index contributed by atoms with van der Waals surface area (Å²) >= 11 is 9.03. The maximum absolute atomic E-state index is 12.4. The van der Waals surface area contributed by atoms with Crippen molar-refractivity contribution in [1.29, 1.82) is 0 Å². The SMILES string of the molecule is O=S(=O)(Nc1ccc(S(=O)(=O)Nc2ccc(Cl)cc2)cc1)c1ccc(Br)cc1. The number of anilines is 2. The zero-order valence-corrected chi connectivity index (χ0v) is 18.1. The first-order chi connectivity index (χ1) is 13.2. The van der Waals surface area contributed by atoms with E-state index in [0.29, 0.717) is 10.7 Å². The maximum atomic E-state index is 12.4. The second-order valence-corrected chi connectivity index (χ2v) is 10.4. The van der Waals surface area contributed by atoms with Crippen LogP contribution in [0, 0.1) is 0 Å². The Kier molecular flexibility index (Phi) is 5.99. The van der Waals surface area contributed by atoms with Gasteiger partial charge in [0, 0.05) is 20.9 Å². The average Bonchev–Trinajstić information content (AvgIpc) is 2.64. The van der Waals surface area contributed by atoms with Gasteiger partial charge in [-0.15, -0.1) is 0 Å². The number of benzene rings is 3. The summed E-state index contributed by atoms with van der Waals surface area (Å²) in [5, 5.41) is 0.491. The van der Waals surface area contributed by atoms with Gasteiger partial charge in [0.25, 0.3) is 20.0 Å². The van der Waals surface area contributed by atoms with Gasteiger partial charge in [-0.25, -0.2) is 16.8 Å². The third kappa shape index (κ3) is 5.05. The number of nitrogens with one attached hydrogen (secondary N) is 2. The Morgan fingerprint density at radius 3 is 1.39 bits per heavy atom. The highest BCUT2D eigenvalue weighted by Gasteiger charge is 2.17. The van der Waals surface area contributed by atoms with Crippen LogP contribution in [0.2, 0.25) is 5.02 Å². The van der Waals surface area contributed by atoms with Crippen molar-refractivity contribution >= 4 is 59.0 Å². The normalized spacial score (nSPS) is 11.8. The first-order valence-electron chi connectivity index (χ1n) is 7.83. The molecule has 3 aromatic rings. The zero-order valence-electron chi connectivity index (χ0n) is 14.1. The minimum absolute atomic E-state index is 0.00552. The van der Waals surface area contributed by atoms with E-state index < -0.39 is 20.0 Å². The molecule has 0 aliphatic carbocycles. The van der Waals surface area contributed by atoms with Crippen molar-refractivity contribution in [3.8, 4) is 0 Å². The molecule has 0 saturated carbocycles. The Balaban J connectivity index is 1.77. The van der Waals surface area contributed by atoms with E-state index in [2.05, 4.69) is 25.4 Å². The smallest absolute Gasteiger partial charge is 0.261 e. The van der Waals surface area contributed by atoms with Crippen LogP contribution in [0.5, 0.6) is 0 Å². The molecule has 6 nitrogen and oxygen atoms in total. The minimum Gasteiger partial charge on any atom is -0.280 e. The first-order valence-corrected chi connectivity index (χ1v) is 12.0. The van der Waals surface area contributed by atoms with Gasteiger partial charge in [-0.1, -0.05) is 27.5 Å². The molecule has 146 valence electrons. The summed E-state index contributed by atoms with van der Waals surface area (Å²) in [6, 6.07) is 17.8. The molecule has 0 heterocycles. The fourth-order valence-electron chi connectivity index (χ4n) is 2.26. The molecule has 0 spiro atoms. The number of hydrogen-bond donors (Lipinski definition) is 2. The minimum atomic E-state index is -3.82. The lowest BCUT2D eigenvalue weighted by atomic mass is 10.3. The van der Waals surface area contributed by atoms with Gasteiger partial charge in [0.15, 0.2) is 0 Å². The molecule has 2 N–H and O–H groups in total. The van der Waals surface area contributed by atoms with Crippen LogP contribution in [-0.4, -0.2) is 16.8 Å². The quantitative estimate of drug-likeness (QED) is 0.512. The zero-order chi connectivity index (χ0) is 20.4. The predicted octanol–water partition coefficient (Wildman–Crippen LogP) is 4.70.